The van der Waals surface area contributed by atoms with Gasteiger partial charge in [0.05, 0.1) is 23.6 Å². The Morgan fingerprint density at radius 3 is 2.58 bits per heavy atom. The van der Waals surface area contributed by atoms with E-state index in [1.54, 1.807) is 12.3 Å². The molecule has 158 valence electrons. The maximum absolute atomic E-state index is 13.1. The lowest BCUT2D eigenvalue weighted by Gasteiger charge is -2.12. The minimum absolute atomic E-state index is 0.133. The summed E-state index contributed by atoms with van der Waals surface area (Å²) in [6.45, 7) is 2.28. The molecule has 0 aliphatic heterocycles. The first-order chi connectivity index (χ1) is 14.9. The predicted octanol–water partition coefficient (Wildman–Crippen LogP) is 3.92. The van der Waals surface area contributed by atoms with Gasteiger partial charge in [-0.15, -0.1) is 11.3 Å². The van der Waals surface area contributed by atoms with Crippen molar-refractivity contribution in [3.8, 4) is 11.1 Å². The summed E-state index contributed by atoms with van der Waals surface area (Å²) in [6, 6.07) is 11.7. The van der Waals surface area contributed by atoms with E-state index >= 15 is 0 Å². The van der Waals surface area contributed by atoms with Gasteiger partial charge in [-0.25, -0.2) is 9.97 Å². The summed E-state index contributed by atoms with van der Waals surface area (Å²) in [5.74, 6) is 0.625. The number of aryl methyl sites for hydroxylation is 2. The molecule has 4 rings (SSSR count). The van der Waals surface area contributed by atoms with Gasteiger partial charge >= 0.3 is 0 Å². The van der Waals surface area contributed by atoms with Crippen molar-refractivity contribution in [2.45, 2.75) is 19.9 Å². The third-order valence-corrected chi connectivity index (χ3v) is 5.88. The molecular formula is C23H23N5O2S. The summed E-state index contributed by atoms with van der Waals surface area (Å²) in [5.41, 5.74) is 3.52. The summed E-state index contributed by atoms with van der Waals surface area (Å²) in [5, 5.41) is 5.38. The Hall–Kier alpha value is -3.52. The maximum Gasteiger partial charge on any atom is 0.262 e. The van der Waals surface area contributed by atoms with E-state index < -0.39 is 0 Å². The third-order valence-electron chi connectivity index (χ3n) is 4.99. The van der Waals surface area contributed by atoms with Crippen LogP contribution in [0, 0.1) is 6.92 Å². The van der Waals surface area contributed by atoms with E-state index in [-0.39, 0.29) is 24.4 Å². The molecule has 0 saturated heterocycles. The number of hydrogen-bond donors (Lipinski definition) is 1. The fraction of sp³-hybridized carbons (Fsp3) is 0.217. The molecule has 1 aromatic carbocycles. The van der Waals surface area contributed by atoms with Gasteiger partial charge in [0, 0.05) is 38.0 Å². The van der Waals surface area contributed by atoms with Crippen molar-refractivity contribution < 1.29 is 4.79 Å². The van der Waals surface area contributed by atoms with Crippen LogP contribution in [-0.4, -0.2) is 34.5 Å². The smallest absolute Gasteiger partial charge is 0.262 e. The monoisotopic (exact) mass is 433 g/mol. The van der Waals surface area contributed by atoms with Crippen molar-refractivity contribution in [2.75, 3.05) is 24.3 Å². The number of benzene rings is 1. The van der Waals surface area contributed by atoms with Gasteiger partial charge in [-0.2, -0.15) is 0 Å². The molecule has 4 aromatic rings. The lowest BCUT2D eigenvalue weighted by molar-refractivity contribution is -0.116. The molecule has 3 heterocycles. The second-order valence-electron chi connectivity index (χ2n) is 7.54. The number of thiophene rings is 1. The molecule has 0 unspecified atom stereocenters. The highest BCUT2D eigenvalue weighted by molar-refractivity contribution is 7.17. The second kappa shape index (κ2) is 8.69. The topological polar surface area (TPSA) is 80.1 Å². The summed E-state index contributed by atoms with van der Waals surface area (Å²) in [6.07, 6.45) is 3.29. The molecular weight excluding hydrogens is 410 g/mol. The van der Waals surface area contributed by atoms with E-state index in [2.05, 4.69) is 15.3 Å². The van der Waals surface area contributed by atoms with Crippen molar-refractivity contribution in [1.82, 2.24) is 14.5 Å². The number of carbonyl (C=O) groups excluding carboxylic acids is 1. The molecule has 0 saturated carbocycles. The summed E-state index contributed by atoms with van der Waals surface area (Å²) in [4.78, 5) is 36.8. The van der Waals surface area contributed by atoms with E-state index in [1.807, 2.05) is 61.6 Å². The van der Waals surface area contributed by atoms with Gasteiger partial charge < -0.3 is 10.2 Å². The Kier molecular flexibility index (Phi) is 5.81. The van der Waals surface area contributed by atoms with Gasteiger partial charge in [0.2, 0.25) is 5.91 Å². The van der Waals surface area contributed by atoms with Crippen LogP contribution in [0.25, 0.3) is 21.3 Å². The van der Waals surface area contributed by atoms with Crippen LogP contribution in [0.3, 0.4) is 0 Å². The van der Waals surface area contributed by atoms with E-state index in [0.717, 1.165) is 22.5 Å². The van der Waals surface area contributed by atoms with Crippen molar-refractivity contribution in [1.29, 1.82) is 0 Å². The summed E-state index contributed by atoms with van der Waals surface area (Å²) >= 11 is 1.45. The molecule has 3 aromatic heterocycles. The van der Waals surface area contributed by atoms with Gasteiger partial charge in [0.15, 0.2) is 0 Å². The fourth-order valence-corrected chi connectivity index (χ4v) is 4.15. The first-order valence-electron chi connectivity index (χ1n) is 9.89. The van der Waals surface area contributed by atoms with Gasteiger partial charge in [-0.3, -0.25) is 14.2 Å². The fourth-order valence-electron chi connectivity index (χ4n) is 3.24. The summed E-state index contributed by atoms with van der Waals surface area (Å²) in [7, 11) is 3.81. The Morgan fingerprint density at radius 2 is 1.90 bits per heavy atom. The minimum atomic E-state index is -0.185. The lowest BCUT2D eigenvalue weighted by atomic mass is 10.1. The Morgan fingerprint density at radius 1 is 1.13 bits per heavy atom. The van der Waals surface area contributed by atoms with Gasteiger partial charge in [0.25, 0.3) is 5.56 Å². The van der Waals surface area contributed by atoms with Crippen LogP contribution >= 0.6 is 11.3 Å². The SMILES string of the molecule is Cc1ccc(-c2csc3ncn(CCC(=O)Nc4ccc(N(C)C)nc4)c(=O)c23)cc1. The van der Waals surface area contributed by atoms with Crippen molar-refractivity contribution >= 4 is 39.0 Å². The maximum atomic E-state index is 13.1. The minimum Gasteiger partial charge on any atom is -0.363 e. The predicted molar refractivity (Wildman–Crippen MR) is 126 cm³/mol. The van der Waals surface area contributed by atoms with E-state index in [9.17, 15) is 9.59 Å². The first-order valence-corrected chi connectivity index (χ1v) is 10.8. The van der Waals surface area contributed by atoms with E-state index in [0.29, 0.717) is 15.9 Å². The first kappa shape index (κ1) is 20.7. The molecule has 0 atom stereocenters. The van der Waals surface area contributed by atoms with Crippen LogP contribution in [0.2, 0.25) is 0 Å². The van der Waals surface area contributed by atoms with Crippen LogP contribution in [0.4, 0.5) is 11.5 Å². The number of amides is 1. The number of aromatic nitrogens is 3. The summed E-state index contributed by atoms with van der Waals surface area (Å²) < 4.78 is 1.50. The molecule has 31 heavy (non-hydrogen) atoms. The number of rotatable bonds is 6. The molecule has 8 heteroatoms. The molecule has 0 radical (unpaired) electrons. The van der Waals surface area contributed by atoms with Crippen LogP contribution in [-0.2, 0) is 11.3 Å². The van der Waals surface area contributed by atoms with Crippen LogP contribution in [0.5, 0.6) is 0 Å². The molecule has 1 N–H and O–H groups in total. The van der Waals surface area contributed by atoms with Crippen LogP contribution in [0.1, 0.15) is 12.0 Å². The number of fused-ring (bicyclic) bond motifs is 1. The van der Waals surface area contributed by atoms with Crippen molar-refractivity contribution in [3.05, 3.63) is 70.2 Å². The molecule has 1 amide bonds. The number of carbonyl (C=O) groups is 1. The number of anilines is 2. The average molecular weight is 434 g/mol. The lowest BCUT2D eigenvalue weighted by Crippen LogP contribution is -2.23. The molecule has 7 nitrogen and oxygen atoms in total. The highest BCUT2D eigenvalue weighted by Gasteiger charge is 2.14. The van der Waals surface area contributed by atoms with Gasteiger partial charge in [-0.05, 0) is 24.6 Å². The highest BCUT2D eigenvalue weighted by atomic mass is 32.1. The molecule has 0 fully saturated rings. The zero-order valence-electron chi connectivity index (χ0n) is 17.6. The highest BCUT2D eigenvalue weighted by Crippen LogP contribution is 2.30. The Bertz CT molecular complexity index is 1270. The van der Waals surface area contributed by atoms with Gasteiger partial charge in [0.1, 0.15) is 10.6 Å². The molecule has 0 spiro atoms. The molecule has 0 aliphatic carbocycles. The largest absolute Gasteiger partial charge is 0.363 e. The quantitative estimate of drug-likeness (QED) is 0.498. The molecule has 0 bridgehead atoms. The van der Waals surface area contributed by atoms with Gasteiger partial charge in [-0.1, -0.05) is 29.8 Å². The standard InChI is InChI=1S/C23H23N5O2S/c1-15-4-6-16(7-5-15)18-13-31-22-21(18)23(30)28(14-25-22)11-10-20(29)26-17-8-9-19(24-12-17)27(2)3/h4-9,12-14H,10-11H2,1-3H3,(H,26,29). The Labute approximate surface area is 184 Å². The third kappa shape index (κ3) is 4.49. The number of hydrogen-bond acceptors (Lipinski definition) is 6. The van der Waals surface area contributed by atoms with Crippen molar-refractivity contribution in [3.63, 3.8) is 0 Å². The molecule has 0 aliphatic rings. The zero-order chi connectivity index (χ0) is 22.0. The van der Waals surface area contributed by atoms with Crippen molar-refractivity contribution in [2.24, 2.45) is 0 Å². The van der Waals surface area contributed by atoms with E-state index in [4.69, 9.17) is 0 Å². The number of nitrogens with one attached hydrogen (secondary N) is 1. The number of pyridine rings is 1. The average Bonchev–Trinajstić information content (AvgIpc) is 3.19. The second-order valence-corrected chi connectivity index (χ2v) is 8.39. The van der Waals surface area contributed by atoms with E-state index in [1.165, 1.54) is 22.2 Å². The van der Waals surface area contributed by atoms with Crippen LogP contribution < -0.4 is 15.8 Å². The normalized spacial score (nSPS) is 10.9. The number of nitrogens with zero attached hydrogens (tertiary/aromatic N) is 4. The zero-order valence-corrected chi connectivity index (χ0v) is 18.4. The Balaban J connectivity index is 1.50. The van der Waals surface area contributed by atoms with Crippen LogP contribution in [0.15, 0.2) is 59.1 Å².